The number of hydrogen-bond acceptors (Lipinski definition) is 6. The van der Waals surface area contributed by atoms with Gasteiger partial charge in [-0.3, -0.25) is 10.2 Å². The van der Waals surface area contributed by atoms with Gasteiger partial charge >= 0.3 is 0 Å². The van der Waals surface area contributed by atoms with Gasteiger partial charge in [-0.05, 0) is 25.1 Å². The van der Waals surface area contributed by atoms with Crippen LogP contribution in [0.25, 0.3) is 11.0 Å². The van der Waals surface area contributed by atoms with Crippen LogP contribution in [-0.2, 0) is 22.7 Å². The van der Waals surface area contributed by atoms with Crippen LogP contribution in [-0.4, -0.2) is 35.4 Å². The molecule has 1 heterocycles. The molecule has 0 bridgehead atoms. The number of nitrogens with zero attached hydrogens (tertiary/aromatic N) is 1. The predicted molar refractivity (Wildman–Crippen MR) is 144 cm³/mol. The fraction of sp³-hybridized carbons (Fsp3) is 0.222. The van der Waals surface area contributed by atoms with E-state index in [0.29, 0.717) is 22.7 Å². The Bertz CT molecular complexity index is 1420. The second-order valence-electron chi connectivity index (χ2n) is 8.28. The summed E-state index contributed by atoms with van der Waals surface area (Å²) in [7, 11) is 1.28. The molecular weight excluding hydrogens is 532 g/mol. The van der Waals surface area contributed by atoms with Crippen LogP contribution in [0, 0.1) is 17.0 Å². The maximum absolute atomic E-state index is 14.7. The second-order valence-corrected chi connectivity index (χ2v) is 8.28. The normalized spacial score (nSPS) is 11.5. The van der Waals surface area contributed by atoms with Gasteiger partial charge in [0.1, 0.15) is 41.4 Å². The van der Waals surface area contributed by atoms with Crippen LogP contribution in [0.15, 0.2) is 54.6 Å². The zero-order valence-electron chi connectivity index (χ0n) is 21.2. The van der Waals surface area contributed by atoms with Crippen LogP contribution in [0.2, 0.25) is 0 Å². The molecule has 1 amide bonds. The first-order chi connectivity index (χ1) is 18.3. The average Bonchev–Trinajstić information content (AvgIpc) is 3.32. The lowest BCUT2D eigenvalue weighted by Gasteiger charge is -2.20. The molecule has 12 heteroatoms. The van der Waals surface area contributed by atoms with Crippen LogP contribution in [0.3, 0.4) is 0 Å². The van der Waals surface area contributed by atoms with Crippen LogP contribution < -0.4 is 20.5 Å². The minimum atomic E-state index is -1.53. The Hall–Kier alpha value is -4.22. The number of imidazole rings is 1. The number of amides is 1. The predicted octanol–water partition coefficient (Wildman–Crippen LogP) is 4.53. The number of para-hydroxylation sites is 2. The summed E-state index contributed by atoms with van der Waals surface area (Å²) in [4.78, 5) is 20.7. The van der Waals surface area contributed by atoms with Crippen LogP contribution in [0.5, 0.6) is 11.5 Å². The van der Waals surface area contributed by atoms with Crippen molar-refractivity contribution in [2.45, 2.75) is 26.2 Å². The summed E-state index contributed by atoms with van der Waals surface area (Å²) in [5.41, 5.74) is 7.74. The van der Waals surface area contributed by atoms with E-state index in [-0.39, 0.29) is 43.8 Å². The first-order valence-corrected chi connectivity index (χ1v) is 11.8. The van der Waals surface area contributed by atoms with E-state index in [0.717, 1.165) is 23.2 Å². The molecule has 39 heavy (non-hydrogen) atoms. The molecule has 1 unspecified atom stereocenters. The molecule has 4 rings (SSSR count). The monoisotopic (exact) mass is 559 g/mol. The van der Waals surface area contributed by atoms with Crippen molar-refractivity contribution in [1.82, 2.24) is 15.3 Å². The van der Waals surface area contributed by atoms with Crippen molar-refractivity contribution >= 4 is 35.2 Å². The topological polar surface area (TPSA) is 135 Å². The summed E-state index contributed by atoms with van der Waals surface area (Å²) in [5.74, 6) is -1.90. The number of methoxy groups -OCH3 is 1. The Labute approximate surface area is 229 Å². The maximum atomic E-state index is 14.7. The molecule has 0 saturated carbocycles. The summed E-state index contributed by atoms with van der Waals surface area (Å²) in [5, 5.41) is 10.4. The van der Waals surface area contributed by atoms with E-state index in [2.05, 4.69) is 15.3 Å². The van der Waals surface area contributed by atoms with Crippen LogP contribution in [0.4, 0.5) is 8.78 Å². The number of carbonyl (C=O) groups is 1. The molecule has 0 fully saturated rings. The number of hydrogen-bond donors (Lipinski definition) is 4. The number of aromatic amines is 1. The number of amidine groups is 1. The smallest absolute Gasteiger partial charge is 0.254 e. The molecule has 0 aliphatic carbocycles. The zero-order valence-corrected chi connectivity index (χ0v) is 22.0. The molecule has 0 radical (unpaired) electrons. The van der Waals surface area contributed by atoms with E-state index in [1.54, 1.807) is 25.1 Å². The molecule has 3 aromatic carbocycles. The molecule has 0 spiro atoms. The summed E-state index contributed by atoms with van der Waals surface area (Å²) < 4.78 is 45.6. The average molecular weight is 560 g/mol. The van der Waals surface area contributed by atoms with Gasteiger partial charge in [0.05, 0.1) is 23.7 Å². The van der Waals surface area contributed by atoms with E-state index < -0.39 is 29.2 Å². The highest BCUT2D eigenvalue weighted by atomic mass is 35.5. The molecule has 0 aliphatic rings. The number of nitrogens with two attached hydrogens (primary N) is 1. The minimum absolute atomic E-state index is 0. The number of halogens is 3. The highest BCUT2D eigenvalue weighted by Gasteiger charge is 2.28. The fourth-order valence-electron chi connectivity index (χ4n) is 3.88. The van der Waals surface area contributed by atoms with Crippen molar-refractivity contribution in [3.63, 3.8) is 0 Å². The van der Waals surface area contributed by atoms with Crippen molar-refractivity contribution in [1.29, 1.82) is 5.41 Å². The Morgan fingerprint density at radius 3 is 2.51 bits per heavy atom. The maximum Gasteiger partial charge on any atom is 0.254 e. The Morgan fingerprint density at radius 1 is 1.15 bits per heavy atom. The first-order valence-electron chi connectivity index (χ1n) is 11.8. The summed E-state index contributed by atoms with van der Waals surface area (Å²) in [6.45, 7) is 1.70. The summed E-state index contributed by atoms with van der Waals surface area (Å²) in [6.07, 6.45) is -1.53. The number of nitrogen functional groups attached to an aromatic ring is 1. The molecule has 206 valence electrons. The number of nitrogens with one attached hydrogen (secondary N) is 3. The van der Waals surface area contributed by atoms with Crippen molar-refractivity contribution in [2.75, 3.05) is 13.7 Å². The number of aromatic nitrogens is 2. The molecule has 0 saturated heterocycles. The lowest BCUT2D eigenvalue weighted by atomic mass is 10.1. The number of rotatable bonds is 11. The zero-order chi connectivity index (χ0) is 27.2. The standard InChI is InChI=1S/C27H27F2N5O4.ClH/c1-3-37-25(24-18(28)11-17(36-2)12-19(24)29)27(35)32-13-16-9-8-15(26(30)31)10-22(16)38-14-23-33-20-6-4-5-7-21(20)34-23;/h4-12,25H,3,13-14H2,1-2H3,(H3,30,31)(H,32,35)(H,33,34);1H. The van der Waals surface area contributed by atoms with Crippen molar-refractivity contribution in [2.24, 2.45) is 5.73 Å². The molecular formula is C27H28ClF2N5O4. The Kier molecular flexibility index (Phi) is 9.80. The van der Waals surface area contributed by atoms with Gasteiger partial charge in [0.2, 0.25) is 0 Å². The lowest BCUT2D eigenvalue weighted by Crippen LogP contribution is -2.32. The third-order valence-electron chi connectivity index (χ3n) is 5.76. The van der Waals surface area contributed by atoms with Gasteiger partial charge in [-0.15, -0.1) is 12.4 Å². The van der Waals surface area contributed by atoms with Gasteiger partial charge in [0, 0.05) is 36.4 Å². The molecule has 4 aromatic rings. The van der Waals surface area contributed by atoms with Gasteiger partial charge < -0.3 is 30.2 Å². The highest BCUT2D eigenvalue weighted by molar-refractivity contribution is 5.95. The molecule has 5 N–H and O–H groups in total. The van der Waals surface area contributed by atoms with E-state index in [1.807, 2.05) is 24.3 Å². The molecule has 1 atom stereocenters. The van der Waals surface area contributed by atoms with E-state index >= 15 is 0 Å². The minimum Gasteiger partial charge on any atom is -0.497 e. The SMILES string of the molecule is CCOC(C(=O)NCc1ccc(C(=N)N)cc1OCc1nc2ccccc2[nH]1)c1c(F)cc(OC)cc1F.Cl. The van der Waals surface area contributed by atoms with Crippen molar-refractivity contribution in [3.05, 3.63) is 88.7 Å². The van der Waals surface area contributed by atoms with E-state index in [9.17, 15) is 13.6 Å². The number of H-pyrrole nitrogens is 1. The third kappa shape index (κ3) is 6.81. The fourth-order valence-corrected chi connectivity index (χ4v) is 3.88. The number of carbonyl (C=O) groups excluding carboxylic acids is 1. The van der Waals surface area contributed by atoms with Gasteiger partial charge in [-0.2, -0.15) is 0 Å². The quantitative estimate of drug-likeness (QED) is 0.157. The summed E-state index contributed by atoms with van der Waals surface area (Å²) >= 11 is 0. The summed E-state index contributed by atoms with van der Waals surface area (Å²) in [6, 6.07) is 14.4. The van der Waals surface area contributed by atoms with Crippen LogP contribution >= 0.6 is 12.4 Å². The van der Waals surface area contributed by atoms with Gasteiger partial charge in [-0.1, -0.05) is 24.3 Å². The number of ether oxygens (including phenoxy) is 3. The van der Waals surface area contributed by atoms with E-state index in [1.165, 1.54) is 7.11 Å². The highest BCUT2D eigenvalue weighted by Crippen LogP contribution is 2.29. The molecule has 0 aliphatic heterocycles. The van der Waals surface area contributed by atoms with E-state index in [4.69, 9.17) is 25.4 Å². The van der Waals surface area contributed by atoms with Gasteiger partial charge in [0.15, 0.2) is 6.10 Å². The number of benzene rings is 3. The Morgan fingerprint density at radius 2 is 1.87 bits per heavy atom. The first kappa shape index (κ1) is 29.3. The van der Waals surface area contributed by atoms with Gasteiger partial charge in [0.25, 0.3) is 5.91 Å². The van der Waals surface area contributed by atoms with Crippen molar-refractivity contribution in [3.8, 4) is 11.5 Å². The molecule has 9 nitrogen and oxygen atoms in total. The Balaban J connectivity index is 0.00000420. The largest absolute Gasteiger partial charge is 0.497 e. The van der Waals surface area contributed by atoms with Gasteiger partial charge in [-0.25, -0.2) is 13.8 Å². The van der Waals surface area contributed by atoms with Crippen molar-refractivity contribution < 1.29 is 27.8 Å². The lowest BCUT2D eigenvalue weighted by molar-refractivity contribution is -0.133. The van der Waals surface area contributed by atoms with Crippen LogP contribution in [0.1, 0.15) is 35.5 Å². The second kappa shape index (κ2) is 13.0. The number of fused-ring (bicyclic) bond motifs is 1. The molecule has 1 aromatic heterocycles. The third-order valence-corrected chi connectivity index (χ3v) is 5.76.